The molecule has 200 valence electrons. The first-order valence-electron chi connectivity index (χ1n) is 12.1. The van der Waals surface area contributed by atoms with Gasteiger partial charge in [-0.05, 0) is 61.8 Å². The monoisotopic (exact) mass is 562 g/mol. The molecular weight excluding hydrogens is 529 g/mol. The number of rotatable bonds is 14. The van der Waals surface area contributed by atoms with Gasteiger partial charge in [-0.15, -0.1) is 23.6 Å². The molecule has 0 amide bonds. The normalized spacial score (nSPS) is 11.1. The quantitative estimate of drug-likeness (QED) is 0.177. The van der Waals surface area contributed by atoms with E-state index in [9.17, 15) is 16.8 Å². The lowest BCUT2D eigenvalue weighted by molar-refractivity contribution is 0.487. The van der Waals surface area contributed by atoms with Crippen molar-refractivity contribution >= 4 is 32.0 Å². The lowest BCUT2D eigenvalue weighted by Gasteiger charge is -2.08. The van der Waals surface area contributed by atoms with Crippen molar-refractivity contribution in [3.63, 3.8) is 0 Å². The third-order valence-corrected chi connectivity index (χ3v) is 6.68. The molecule has 9 heteroatoms. The van der Waals surface area contributed by atoms with Crippen LogP contribution in [0.4, 0.5) is 0 Å². The van der Waals surface area contributed by atoms with Crippen molar-refractivity contribution in [1.82, 2.24) is 0 Å². The molecule has 2 rings (SSSR count). The van der Waals surface area contributed by atoms with E-state index in [1.165, 1.54) is 0 Å². The van der Waals surface area contributed by atoms with Crippen LogP contribution in [0.2, 0.25) is 0 Å². The number of para-hydroxylation sites is 2. The highest BCUT2D eigenvalue weighted by molar-refractivity contribution is 7.99. The summed E-state index contributed by atoms with van der Waals surface area (Å²) in [5.74, 6) is 15.0. The van der Waals surface area contributed by atoms with Crippen LogP contribution in [0.3, 0.4) is 0 Å². The first kappa shape index (κ1) is 30.6. The highest BCUT2D eigenvalue weighted by Gasteiger charge is 2.10. The first-order chi connectivity index (χ1) is 17.6. The lowest BCUT2D eigenvalue weighted by atomic mass is 10.1. The number of aryl methyl sites for hydroxylation is 2. The van der Waals surface area contributed by atoms with Crippen molar-refractivity contribution in [2.45, 2.75) is 51.4 Å². The molecule has 0 aliphatic carbocycles. The predicted octanol–water partition coefficient (Wildman–Crippen LogP) is 5.23. The zero-order valence-electron chi connectivity index (χ0n) is 21.4. The molecular formula is C28H34O6S3. The van der Waals surface area contributed by atoms with Gasteiger partial charge in [0.25, 0.3) is 0 Å². The molecule has 0 unspecified atom stereocenters. The second kappa shape index (κ2) is 16.3. The molecule has 0 aromatic heterocycles. The maximum absolute atomic E-state index is 11.4. The zero-order valence-corrected chi connectivity index (χ0v) is 23.8. The van der Waals surface area contributed by atoms with Gasteiger partial charge in [0.1, 0.15) is 11.5 Å². The summed E-state index contributed by atoms with van der Waals surface area (Å²) >= 11 is 1.69. The standard InChI is InChI=1S/C28H34O6S3/c1-36(29,30)33-27-21-13-11-19-25(27)17-9-5-3-7-15-23-35-24-16-8-4-6-10-18-26-20-12-14-22-28(26)34-37(2,31)32/h11-14,19-22H,3-6,9-10,17-18,23-24H2,1-2H3. The Morgan fingerprint density at radius 2 is 1.03 bits per heavy atom. The maximum atomic E-state index is 11.4. The average Bonchev–Trinajstić information content (AvgIpc) is 2.81. The Morgan fingerprint density at radius 1 is 0.622 bits per heavy atom. The SMILES string of the molecule is CS(=O)(=O)Oc1ccccc1CCCCC#CCSCC#CCCCCc1ccccc1OS(C)(=O)=O. The van der Waals surface area contributed by atoms with Crippen molar-refractivity contribution in [1.29, 1.82) is 0 Å². The summed E-state index contributed by atoms with van der Waals surface area (Å²) in [5.41, 5.74) is 1.78. The summed E-state index contributed by atoms with van der Waals surface area (Å²) in [6, 6.07) is 14.4. The number of hydrogen-bond donors (Lipinski definition) is 0. The molecule has 0 aliphatic heterocycles. The van der Waals surface area contributed by atoms with E-state index in [0.717, 1.165) is 86.5 Å². The van der Waals surface area contributed by atoms with Crippen LogP contribution in [0.15, 0.2) is 48.5 Å². The van der Waals surface area contributed by atoms with Crippen LogP contribution in [0.1, 0.15) is 49.7 Å². The van der Waals surface area contributed by atoms with Crippen molar-refractivity contribution in [2.24, 2.45) is 0 Å². The van der Waals surface area contributed by atoms with Crippen LogP contribution in [-0.4, -0.2) is 40.9 Å². The summed E-state index contributed by atoms with van der Waals surface area (Å²) in [5, 5.41) is 0. The number of hydrogen-bond acceptors (Lipinski definition) is 7. The van der Waals surface area contributed by atoms with Crippen LogP contribution in [-0.2, 0) is 33.1 Å². The molecule has 0 heterocycles. The third kappa shape index (κ3) is 14.7. The van der Waals surface area contributed by atoms with Gasteiger partial charge in [0, 0.05) is 12.8 Å². The molecule has 37 heavy (non-hydrogen) atoms. The number of benzene rings is 2. The second-order valence-electron chi connectivity index (χ2n) is 8.40. The van der Waals surface area contributed by atoms with Crippen LogP contribution < -0.4 is 8.37 Å². The van der Waals surface area contributed by atoms with Gasteiger partial charge in [-0.25, -0.2) is 0 Å². The molecule has 0 bridgehead atoms. The van der Waals surface area contributed by atoms with Crippen LogP contribution in [0.5, 0.6) is 11.5 Å². The molecule has 2 aromatic carbocycles. The van der Waals surface area contributed by atoms with Gasteiger partial charge in [-0.3, -0.25) is 0 Å². The maximum Gasteiger partial charge on any atom is 0.306 e. The molecule has 0 N–H and O–H groups in total. The predicted molar refractivity (Wildman–Crippen MR) is 152 cm³/mol. The Morgan fingerprint density at radius 3 is 1.43 bits per heavy atom. The topological polar surface area (TPSA) is 86.7 Å². The van der Waals surface area contributed by atoms with Gasteiger partial charge in [0.05, 0.1) is 24.0 Å². The van der Waals surface area contributed by atoms with Gasteiger partial charge < -0.3 is 8.37 Å². The van der Waals surface area contributed by atoms with Crippen LogP contribution >= 0.6 is 11.8 Å². The van der Waals surface area contributed by atoms with E-state index < -0.39 is 20.2 Å². The average molecular weight is 563 g/mol. The molecule has 0 saturated heterocycles. The molecule has 0 spiro atoms. The van der Waals surface area contributed by atoms with Gasteiger partial charge in [-0.2, -0.15) is 16.8 Å². The molecule has 0 aliphatic rings. The fraction of sp³-hybridized carbons (Fsp3) is 0.429. The van der Waals surface area contributed by atoms with Gasteiger partial charge in [0.2, 0.25) is 0 Å². The van der Waals surface area contributed by atoms with Crippen molar-refractivity contribution < 1.29 is 25.2 Å². The molecule has 0 atom stereocenters. The highest BCUT2D eigenvalue weighted by atomic mass is 32.2. The third-order valence-electron chi connectivity index (χ3n) is 5.02. The molecule has 0 saturated carbocycles. The lowest BCUT2D eigenvalue weighted by Crippen LogP contribution is -2.07. The van der Waals surface area contributed by atoms with Gasteiger partial charge in [-0.1, -0.05) is 48.2 Å². The van der Waals surface area contributed by atoms with E-state index in [4.69, 9.17) is 8.37 Å². The smallest absolute Gasteiger partial charge is 0.306 e. The molecule has 0 radical (unpaired) electrons. The van der Waals surface area contributed by atoms with E-state index in [0.29, 0.717) is 11.5 Å². The number of thioether (sulfide) groups is 1. The molecule has 6 nitrogen and oxygen atoms in total. The van der Waals surface area contributed by atoms with Gasteiger partial charge >= 0.3 is 20.2 Å². The van der Waals surface area contributed by atoms with Crippen molar-refractivity contribution in [3.05, 3.63) is 59.7 Å². The minimum atomic E-state index is -3.53. The Kier molecular flexibility index (Phi) is 13.5. The summed E-state index contributed by atoms with van der Waals surface area (Å²) in [4.78, 5) is 0. The van der Waals surface area contributed by atoms with E-state index in [2.05, 4.69) is 23.7 Å². The Bertz CT molecular complexity index is 1220. The van der Waals surface area contributed by atoms with E-state index in [1.54, 1.807) is 36.0 Å². The first-order valence-corrected chi connectivity index (χ1v) is 16.9. The van der Waals surface area contributed by atoms with Gasteiger partial charge in [0.15, 0.2) is 0 Å². The van der Waals surface area contributed by atoms with Crippen LogP contribution in [0, 0.1) is 23.7 Å². The summed E-state index contributed by atoms with van der Waals surface area (Å²) in [6.07, 6.45) is 8.91. The second-order valence-corrected chi connectivity index (χ2v) is 12.5. The zero-order chi connectivity index (χ0) is 27.0. The summed E-state index contributed by atoms with van der Waals surface area (Å²) < 4.78 is 55.6. The fourth-order valence-electron chi connectivity index (χ4n) is 3.40. The van der Waals surface area contributed by atoms with E-state index in [-0.39, 0.29) is 0 Å². The largest absolute Gasteiger partial charge is 0.382 e. The van der Waals surface area contributed by atoms with Crippen molar-refractivity contribution in [2.75, 3.05) is 24.0 Å². The Labute approximate surface area is 226 Å². The van der Waals surface area contributed by atoms with Crippen LogP contribution in [0.25, 0.3) is 0 Å². The molecule has 0 fully saturated rings. The minimum Gasteiger partial charge on any atom is -0.382 e. The summed E-state index contributed by atoms with van der Waals surface area (Å²) in [6.45, 7) is 0. The summed E-state index contributed by atoms with van der Waals surface area (Å²) in [7, 11) is -7.06. The minimum absolute atomic E-state index is 0.401. The fourth-order valence-corrected chi connectivity index (χ4v) is 4.89. The van der Waals surface area contributed by atoms with E-state index >= 15 is 0 Å². The molecule has 2 aromatic rings. The van der Waals surface area contributed by atoms with Crippen molar-refractivity contribution in [3.8, 4) is 35.2 Å². The van der Waals surface area contributed by atoms with E-state index in [1.807, 2.05) is 24.3 Å². The number of unbranched alkanes of at least 4 members (excludes halogenated alkanes) is 4. The Hall–Kier alpha value is -2.59. The Balaban J connectivity index is 1.54. The highest BCUT2D eigenvalue weighted by Crippen LogP contribution is 2.22.